The number of carbonyl (C=O) groups excluding carboxylic acids is 1. The average molecular weight is 291 g/mol. The molecule has 1 aromatic carbocycles. The van der Waals surface area contributed by atoms with Crippen molar-refractivity contribution in [1.82, 2.24) is 0 Å². The molecule has 4 nitrogen and oxygen atoms in total. The van der Waals surface area contributed by atoms with Crippen LogP contribution in [-0.2, 0) is 4.79 Å². The Morgan fingerprint density at radius 2 is 2.47 bits per heavy atom. The molecule has 0 saturated heterocycles. The molecule has 1 aliphatic heterocycles. The monoisotopic (exact) mass is 291 g/mol. The van der Waals surface area contributed by atoms with E-state index in [4.69, 9.17) is 5.26 Å². The van der Waals surface area contributed by atoms with Crippen LogP contribution in [-0.4, -0.2) is 27.8 Å². The Bertz CT molecular complexity index is 551. The summed E-state index contributed by atoms with van der Waals surface area (Å²) < 4.78 is 0.980. The van der Waals surface area contributed by atoms with E-state index in [0.29, 0.717) is 11.3 Å². The zero-order valence-corrected chi connectivity index (χ0v) is 12.1. The molecule has 0 spiro atoms. The summed E-state index contributed by atoms with van der Waals surface area (Å²) in [5.74, 6) is 0.927. The predicted octanol–water partition coefficient (Wildman–Crippen LogP) is 2.72. The molecular weight excluding hydrogens is 278 g/mol. The SMILES string of the molecule is C[C@@H](SC1=NCCS1)C(=O)Nc1cccc(C#N)c1. The molecule has 0 radical (unpaired) electrons. The van der Waals surface area contributed by atoms with E-state index in [0.717, 1.165) is 16.7 Å². The molecule has 0 aliphatic carbocycles. The van der Waals surface area contributed by atoms with Gasteiger partial charge in [-0.3, -0.25) is 9.79 Å². The second-order valence-corrected chi connectivity index (χ2v) is 6.61. The first-order valence-electron chi connectivity index (χ1n) is 5.84. The van der Waals surface area contributed by atoms with Crippen molar-refractivity contribution < 1.29 is 4.79 Å². The summed E-state index contributed by atoms with van der Waals surface area (Å²) in [6, 6.07) is 8.95. The zero-order valence-electron chi connectivity index (χ0n) is 10.4. The summed E-state index contributed by atoms with van der Waals surface area (Å²) in [7, 11) is 0. The molecule has 98 valence electrons. The normalized spacial score (nSPS) is 15.5. The lowest BCUT2D eigenvalue weighted by Crippen LogP contribution is -2.23. The third kappa shape index (κ3) is 4.01. The number of rotatable bonds is 3. The van der Waals surface area contributed by atoms with Crippen molar-refractivity contribution in [3.05, 3.63) is 29.8 Å². The van der Waals surface area contributed by atoms with Crippen LogP contribution >= 0.6 is 23.5 Å². The Balaban J connectivity index is 1.94. The highest BCUT2D eigenvalue weighted by atomic mass is 32.2. The first-order chi connectivity index (χ1) is 9.19. The van der Waals surface area contributed by atoms with Gasteiger partial charge in [0.05, 0.1) is 23.4 Å². The maximum absolute atomic E-state index is 12.0. The van der Waals surface area contributed by atoms with Gasteiger partial charge >= 0.3 is 0 Å². The summed E-state index contributed by atoms with van der Waals surface area (Å²) in [5.41, 5.74) is 1.19. The summed E-state index contributed by atoms with van der Waals surface area (Å²) in [4.78, 5) is 16.3. The van der Waals surface area contributed by atoms with E-state index in [1.54, 1.807) is 36.0 Å². The number of carbonyl (C=O) groups is 1. The molecule has 1 aromatic rings. The number of hydrogen-bond acceptors (Lipinski definition) is 5. The molecule has 0 aromatic heterocycles. The van der Waals surface area contributed by atoms with Gasteiger partial charge < -0.3 is 5.32 Å². The summed E-state index contributed by atoms with van der Waals surface area (Å²) in [6.07, 6.45) is 0. The number of thioether (sulfide) groups is 2. The van der Waals surface area contributed by atoms with Crippen molar-refractivity contribution >= 4 is 39.5 Å². The molecule has 1 aliphatic rings. The number of hydrogen-bond donors (Lipinski definition) is 1. The van der Waals surface area contributed by atoms with Gasteiger partial charge in [0.2, 0.25) is 5.91 Å². The van der Waals surface area contributed by atoms with Crippen LogP contribution in [0.4, 0.5) is 5.69 Å². The van der Waals surface area contributed by atoms with Crippen molar-refractivity contribution in [2.45, 2.75) is 12.2 Å². The van der Waals surface area contributed by atoms with Crippen molar-refractivity contribution in [3.63, 3.8) is 0 Å². The van der Waals surface area contributed by atoms with Crippen LogP contribution in [0.2, 0.25) is 0 Å². The highest BCUT2D eigenvalue weighted by molar-refractivity contribution is 8.39. The lowest BCUT2D eigenvalue weighted by molar-refractivity contribution is -0.115. The number of nitriles is 1. The van der Waals surface area contributed by atoms with Crippen LogP contribution in [0.3, 0.4) is 0 Å². The van der Waals surface area contributed by atoms with E-state index >= 15 is 0 Å². The van der Waals surface area contributed by atoms with Crippen molar-refractivity contribution in [2.24, 2.45) is 4.99 Å². The van der Waals surface area contributed by atoms with Crippen LogP contribution in [0.1, 0.15) is 12.5 Å². The van der Waals surface area contributed by atoms with Gasteiger partial charge in [-0.1, -0.05) is 29.6 Å². The average Bonchev–Trinajstić information content (AvgIpc) is 2.91. The molecule has 0 unspecified atom stereocenters. The second kappa shape index (κ2) is 6.64. The Morgan fingerprint density at radius 3 is 3.16 bits per heavy atom. The van der Waals surface area contributed by atoms with Crippen LogP contribution in [0.25, 0.3) is 0 Å². The quantitative estimate of drug-likeness (QED) is 0.930. The lowest BCUT2D eigenvalue weighted by atomic mass is 10.2. The highest BCUT2D eigenvalue weighted by Crippen LogP contribution is 2.26. The first kappa shape index (κ1) is 14.0. The van der Waals surface area contributed by atoms with E-state index in [1.165, 1.54) is 11.8 Å². The maximum Gasteiger partial charge on any atom is 0.237 e. The van der Waals surface area contributed by atoms with E-state index in [2.05, 4.69) is 10.3 Å². The number of benzene rings is 1. The van der Waals surface area contributed by atoms with Gasteiger partial charge in [-0.15, -0.1) is 0 Å². The first-order valence-corrected chi connectivity index (χ1v) is 7.70. The Labute approximate surface area is 120 Å². The van der Waals surface area contributed by atoms with Gasteiger partial charge in [-0.25, -0.2) is 0 Å². The molecule has 6 heteroatoms. The number of anilines is 1. The van der Waals surface area contributed by atoms with Crippen LogP contribution in [0.5, 0.6) is 0 Å². The van der Waals surface area contributed by atoms with Crippen molar-refractivity contribution in [3.8, 4) is 6.07 Å². The van der Waals surface area contributed by atoms with Gasteiger partial charge in [0.1, 0.15) is 4.38 Å². The second-order valence-electron chi connectivity index (χ2n) is 3.94. The number of nitrogens with one attached hydrogen (secondary N) is 1. The van der Waals surface area contributed by atoms with E-state index in [1.807, 2.05) is 13.0 Å². The summed E-state index contributed by atoms with van der Waals surface area (Å²) in [6.45, 7) is 2.70. The number of aliphatic imine (C=N–C) groups is 1. The molecule has 0 bridgehead atoms. The minimum atomic E-state index is -0.199. The van der Waals surface area contributed by atoms with Crippen molar-refractivity contribution in [1.29, 1.82) is 5.26 Å². The molecule has 1 amide bonds. The fourth-order valence-electron chi connectivity index (χ4n) is 1.50. The third-order valence-electron chi connectivity index (χ3n) is 2.46. The summed E-state index contributed by atoms with van der Waals surface area (Å²) >= 11 is 3.17. The third-order valence-corrected chi connectivity index (χ3v) is 4.77. The molecule has 19 heavy (non-hydrogen) atoms. The fraction of sp³-hybridized carbons (Fsp3) is 0.308. The van der Waals surface area contributed by atoms with Gasteiger partial charge in [0.25, 0.3) is 0 Å². The van der Waals surface area contributed by atoms with Gasteiger partial charge in [-0.2, -0.15) is 5.26 Å². The smallest absolute Gasteiger partial charge is 0.237 e. The highest BCUT2D eigenvalue weighted by Gasteiger charge is 2.18. The van der Waals surface area contributed by atoms with E-state index < -0.39 is 0 Å². The fourth-order valence-corrected chi connectivity index (χ4v) is 3.63. The van der Waals surface area contributed by atoms with Crippen LogP contribution < -0.4 is 5.32 Å². The van der Waals surface area contributed by atoms with Gasteiger partial charge in [-0.05, 0) is 25.1 Å². The molecule has 2 rings (SSSR count). The largest absolute Gasteiger partial charge is 0.325 e. The zero-order chi connectivity index (χ0) is 13.7. The minimum Gasteiger partial charge on any atom is -0.325 e. The molecular formula is C13H13N3OS2. The topological polar surface area (TPSA) is 65.2 Å². The van der Waals surface area contributed by atoms with E-state index in [-0.39, 0.29) is 11.2 Å². The maximum atomic E-state index is 12.0. The molecule has 1 heterocycles. The number of amides is 1. The van der Waals surface area contributed by atoms with Gasteiger partial charge in [0.15, 0.2) is 0 Å². The Hall–Kier alpha value is -1.45. The Kier molecular flexibility index (Phi) is 4.88. The standard InChI is InChI=1S/C13H13N3OS2/c1-9(19-13-15-5-6-18-13)12(17)16-11-4-2-3-10(7-11)8-14/h2-4,7,9H,5-6H2,1H3,(H,16,17)/t9-/m1/s1. The van der Waals surface area contributed by atoms with Gasteiger partial charge in [0, 0.05) is 11.4 Å². The Morgan fingerprint density at radius 1 is 1.63 bits per heavy atom. The predicted molar refractivity (Wildman–Crippen MR) is 81.6 cm³/mol. The van der Waals surface area contributed by atoms with Crippen molar-refractivity contribution in [2.75, 3.05) is 17.6 Å². The number of nitrogens with zero attached hydrogens (tertiary/aromatic N) is 2. The molecule has 0 saturated carbocycles. The lowest BCUT2D eigenvalue weighted by Gasteiger charge is -2.11. The summed E-state index contributed by atoms with van der Waals surface area (Å²) in [5, 5.41) is 11.4. The molecule has 0 fully saturated rings. The molecule has 1 atom stereocenters. The minimum absolute atomic E-state index is 0.0738. The van der Waals surface area contributed by atoms with Crippen LogP contribution in [0.15, 0.2) is 29.3 Å². The van der Waals surface area contributed by atoms with Crippen LogP contribution in [0, 0.1) is 11.3 Å². The van der Waals surface area contributed by atoms with E-state index in [9.17, 15) is 4.79 Å². The molecule has 1 N–H and O–H groups in total.